The number of rotatable bonds is 5. The second kappa shape index (κ2) is 11.2. The van der Waals surface area contributed by atoms with E-state index in [9.17, 15) is 0 Å². The van der Waals surface area contributed by atoms with Gasteiger partial charge in [0.1, 0.15) is 0 Å². The van der Waals surface area contributed by atoms with Crippen LogP contribution in [0.25, 0.3) is 83.6 Å². The Hall–Kier alpha value is -6.39. The van der Waals surface area contributed by atoms with Gasteiger partial charge in [0.15, 0.2) is 17.5 Å². The van der Waals surface area contributed by atoms with Crippen LogP contribution >= 0.6 is 0 Å². The summed E-state index contributed by atoms with van der Waals surface area (Å²) in [4.78, 5) is 15.0. The number of fused-ring (bicyclic) bond motifs is 4. The van der Waals surface area contributed by atoms with E-state index in [1.807, 2.05) is 97.1 Å². The molecule has 0 fully saturated rings. The van der Waals surface area contributed by atoms with Crippen molar-refractivity contribution in [2.24, 2.45) is 0 Å². The van der Waals surface area contributed by atoms with E-state index in [1.54, 1.807) is 4.57 Å². The van der Waals surface area contributed by atoms with Crippen molar-refractivity contribution < 1.29 is 8.22 Å². The Morgan fingerprint density at radius 1 is 0.404 bits per heavy atom. The van der Waals surface area contributed by atoms with Gasteiger partial charge in [-0.05, 0) is 58.2 Å². The van der Waals surface area contributed by atoms with Crippen LogP contribution in [0.3, 0.4) is 0 Å². The van der Waals surface area contributed by atoms with Gasteiger partial charge in [0.2, 0.25) is 0 Å². The zero-order valence-corrected chi connectivity index (χ0v) is 25.0. The van der Waals surface area contributed by atoms with Crippen molar-refractivity contribution in [3.8, 4) is 51.0 Å². The van der Waals surface area contributed by atoms with E-state index in [4.69, 9.17) is 23.2 Å². The third kappa shape index (κ3) is 4.84. The maximum atomic E-state index is 9.03. The first kappa shape index (κ1) is 21.4. The summed E-state index contributed by atoms with van der Waals surface area (Å²) in [5.41, 5.74) is 5.11. The smallest absolute Gasteiger partial charge is 0.164 e. The Labute approximate surface area is 280 Å². The maximum absolute atomic E-state index is 9.03. The summed E-state index contributed by atoms with van der Waals surface area (Å²) < 4.78 is 54.4. The summed E-state index contributed by atoms with van der Waals surface area (Å²) in [7, 11) is 0. The molecule has 0 amide bonds. The van der Waals surface area contributed by atoms with Gasteiger partial charge in [-0.3, -0.25) is 0 Å². The van der Waals surface area contributed by atoms with E-state index in [0.29, 0.717) is 28.7 Å². The van der Waals surface area contributed by atoms with E-state index in [2.05, 4.69) is 24.3 Å². The van der Waals surface area contributed by atoms with Crippen LogP contribution in [0.15, 0.2) is 170 Å². The summed E-state index contributed by atoms with van der Waals surface area (Å²) >= 11 is 0. The van der Waals surface area contributed by atoms with Crippen molar-refractivity contribution in [1.82, 2.24) is 19.5 Å². The lowest BCUT2D eigenvalue weighted by Crippen LogP contribution is -2.02. The lowest BCUT2D eigenvalue weighted by atomic mass is 10.0. The van der Waals surface area contributed by atoms with E-state index >= 15 is 0 Å². The van der Waals surface area contributed by atoms with Crippen molar-refractivity contribution in [2.45, 2.75) is 0 Å². The van der Waals surface area contributed by atoms with Gasteiger partial charge in [-0.25, -0.2) is 15.0 Å². The predicted molar refractivity (Wildman–Crippen MR) is 193 cm³/mol. The van der Waals surface area contributed by atoms with E-state index in [-0.39, 0.29) is 58.1 Å². The first-order valence-corrected chi connectivity index (χ1v) is 15.3. The Balaban J connectivity index is 1.37. The Kier molecular flexibility index (Phi) is 5.09. The van der Waals surface area contributed by atoms with Crippen molar-refractivity contribution in [3.63, 3.8) is 0 Å². The second-order valence-electron chi connectivity index (χ2n) is 11.3. The van der Waals surface area contributed by atoms with Crippen molar-refractivity contribution in [2.75, 3.05) is 0 Å². The highest BCUT2D eigenvalue weighted by molar-refractivity contribution is 6.09. The molecule has 0 atom stereocenters. The van der Waals surface area contributed by atoms with Crippen molar-refractivity contribution >= 4 is 32.6 Å². The lowest BCUT2D eigenvalue weighted by Gasteiger charge is -2.14. The number of para-hydroxylation sites is 2. The van der Waals surface area contributed by atoms with Gasteiger partial charge in [0, 0.05) is 33.2 Å². The van der Waals surface area contributed by atoms with Gasteiger partial charge >= 0.3 is 0 Å². The molecule has 0 saturated heterocycles. The van der Waals surface area contributed by atoms with Crippen molar-refractivity contribution in [1.29, 1.82) is 0 Å². The fourth-order valence-corrected chi connectivity index (χ4v) is 6.12. The predicted octanol–water partition coefficient (Wildman–Crippen LogP) is 10.8. The summed E-state index contributed by atoms with van der Waals surface area (Å²) in [6, 6.07) is 41.5. The molecule has 4 nitrogen and oxygen atoms in total. The minimum atomic E-state index is -0.165. The standard InChI is InChI=1S/C43H28N4/c1-3-13-29(14-4-1)34-26-35(28-36(27-34)47-39-21-11-9-19-37(39)38-20-10-12-22-40(38)47)43-45-41(31-16-5-2-6-17-31)44-42(46-43)33-24-23-30-15-7-8-18-32(30)25-33/h1-28H/i9D,10D,19D,20D,21D,22D. The molecule has 9 rings (SSSR count). The molecule has 47 heavy (non-hydrogen) atoms. The van der Waals surface area contributed by atoms with Gasteiger partial charge in [0.05, 0.1) is 19.3 Å². The van der Waals surface area contributed by atoms with E-state index in [1.165, 1.54) is 12.1 Å². The van der Waals surface area contributed by atoms with Crippen LogP contribution < -0.4 is 0 Å². The molecule has 0 aliphatic rings. The van der Waals surface area contributed by atoms with Crippen LogP contribution in [0.4, 0.5) is 0 Å². The second-order valence-corrected chi connectivity index (χ2v) is 11.3. The molecular weight excluding hydrogens is 573 g/mol. The Bertz CT molecular complexity index is 2840. The molecule has 4 heteroatoms. The van der Waals surface area contributed by atoms with Crippen LogP contribution in [-0.4, -0.2) is 19.5 Å². The molecular formula is C43H28N4. The van der Waals surface area contributed by atoms with Crippen LogP contribution in [0.2, 0.25) is 0 Å². The van der Waals surface area contributed by atoms with Gasteiger partial charge in [-0.2, -0.15) is 0 Å². The zero-order valence-electron chi connectivity index (χ0n) is 31.0. The monoisotopic (exact) mass is 606 g/mol. The molecule has 0 radical (unpaired) electrons. The summed E-state index contributed by atoms with van der Waals surface area (Å²) in [6.07, 6.45) is 0. The van der Waals surface area contributed by atoms with Gasteiger partial charge in [-0.1, -0.05) is 133 Å². The minimum absolute atomic E-state index is 0.0284. The molecule has 2 aromatic heterocycles. The molecule has 0 aliphatic carbocycles. The minimum Gasteiger partial charge on any atom is -0.309 e. The van der Waals surface area contributed by atoms with Gasteiger partial charge < -0.3 is 4.57 Å². The SMILES string of the molecule is [2H]c1cc([2H])c2c(c1[2H])c1c([2H])c([2H])cc([2H])c1n2-c1cc(-c2ccccc2)cc(-c2nc(-c3ccccc3)nc(-c3ccc4ccccc4c3)n2)c1. The average molecular weight is 607 g/mol. The highest BCUT2D eigenvalue weighted by Crippen LogP contribution is 2.36. The number of aromatic nitrogens is 4. The number of nitrogens with zero attached hydrogens (tertiary/aromatic N) is 4. The first-order chi connectivity index (χ1) is 25.7. The van der Waals surface area contributed by atoms with Crippen LogP contribution in [0, 0.1) is 0 Å². The molecule has 7 aromatic carbocycles. The summed E-state index contributed by atoms with van der Waals surface area (Å²) in [5, 5.41) is 2.55. The number of benzene rings is 7. The number of hydrogen-bond donors (Lipinski definition) is 0. The first-order valence-electron chi connectivity index (χ1n) is 18.3. The van der Waals surface area contributed by atoms with E-state index in [0.717, 1.165) is 33.0 Å². The van der Waals surface area contributed by atoms with Crippen LogP contribution in [0.5, 0.6) is 0 Å². The normalized spacial score (nSPS) is 13.2. The summed E-state index contributed by atoms with van der Waals surface area (Å²) in [6.45, 7) is 0. The maximum Gasteiger partial charge on any atom is 0.164 e. The molecule has 0 spiro atoms. The van der Waals surface area contributed by atoms with Crippen LogP contribution in [-0.2, 0) is 0 Å². The van der Waals surface area contributed by atoms with Gasteiger partial charge in [0.25, 0.3) is 0 Å². The quantitative estimate of drug-likeness (QED) is 0.196. The molecule has 220 valence electrons. The Morgan fingerprint density at radius 2 is 0.957 bits per heavy atom. The third-order valence-corrected chi connectivity index (χ3v) is 8.34. The van der Waals surface area contributed by atoms with Gasteiger partial charge in [-0.15, -0.1) is 0 Å². The van der Waals surface area contributed by atoms with Crippen LogP contribution in [0.1, 0.15) is 8.22 Å². The fraction of sp³-hybridized carbons (Fsp3) is 0. The molecule has 0 N–H and O–H groups in total. The highest BCUT2D eigenvalue weighted by Gasteiger charge is 2.17. The van der Waals surface area contributed by atoms with Crippen molar-refractivity contribution in [3.05, 3.63) is 170 Å². The topological polar surface area (TPSA) is 43.6 Å². The lowest BCUT2D eigenvalue weighted by molar-refractivity contribution is 1.07. The highest BCUT2D eigenvalue weighted by atomic mass is 15.0. The molecule has 0 saturated carbocycles. The number of hydrogen-bond acceptors (Lipinski definition) is 3. The van der Waals surface area contributed by atoms with E-state index < -0.39 is 0 Å². The molecule has 9 aromatic rings. The molecule has 2 heterocycles. The molecule has 0 unspecified atom stereocenters. The Morgan fingerprint density at radius 3 is 1.64 bits per heavy atom. The largest absolute Gasteiger partial charge is 0.309 e. The molecule has 0 bridgehead atoms. The fourth-order valence-electron chi connectivity index (χ4n) is 6.12. The molecule has 0 aliphatic heterocycles. The average Bonchev–Trinajstić information content (AvgIpc) is 3.57. The summed E-state index contributed by atoms with van der Waals surface area (Å²) in [5.74, 6) is 1.39. The third-order valence-electron chi connectivity index (χ3n) is 8.34. The zero-order chi connectivity index (χ0) is 36.4.